The van der Waals surface area contributed by atoms with Crippen LogP contribution >= 0.6 is 0 Å². The van der Waals surface area contributed by atoms with Crippen molar-refractivity contribution >= 4 is 5.91 Å². The third kappa shape index (κ3) is 3.96. The summed E-state index contributed by atoms with van der Waals surface area (Å²) in [4.78, 5) is 14.2. The molecule has 1 amide bonds. The van der Waals surface area contributed by atoms with Crippen molar-refractivity contribution in [3.63, 3.8) is 0 Å². The van der Waals surface area contributed by atoms with Crippen molar-refractivity contribution in [2.24, 2.45) is 17.6 Å². The summed E-state index contributed by atoms with van der Waals surface area (Å²) in [6.45, 7) is 10.9. The number of amides is 1. The first-order valence-electron chi connectivity index (χ1n) is 6.70. The van der Waals surface area contributed by atoms with Gasteiger partial charge in [0.2, 0.25) is 5.91 Å². The first kappa shape index (κ1) is 14.5. The van der Waals surface area contributed by atoms with E-state index in [2.05, 4.69) is 17.1 Å². The standard InChI is InChI=1S/C13H27N3O/c1-9(2)15-13(17)11(4)16-6-5-10(3)12(7-14)8-16/h9-12H,5-8,14H2,1-4H3,(H,15,17). The van der Waals surface area contributed by atoms with Gasteiger partial charge in [-0.3, -0.25) is 9.69 Å². The van der Waals surface area contributed by atoms with Gasteiger partial charge in [0, 0.05) is 12.6 Å². The molecule has 17 heavy (non-hydrogen) atoms. The zero-order chi connectivity index (χ0) is 13.0. The Balaban J connectivity index is 2.52. The molecule has 0 aliphatic carbocycles. The van der Waals surface area contributed by atoms with Crippen molar-refractivity contribution in [3.05, 3.63) is 0 Å². The van der Waals surface area contributed by atoms with Crippen LogP contribution in [-0.4, -0.2) is 42.5 Å². The Morgan fingerprint density at radius 1 is 1.47 bits per heavy atom. The molecule has 0 spiro atoms. The van der Waals surface area contributed by atoms with Gasteiger partial charge in [0.1, 0.15) is 0 Å². The van der Waals surface area contributed by atoms with E-state index < -0.39 is 0 Å². The molecule has 0 aromatic carbocycles. The van der Waals surface area contributed by atoms with E-state index in [0.29, 0.717) is 11.8 Å². The molecule has 1 aliphatic heterocycles. The Morgan fingerprint density at radius 3 is 2.65 bits per heavy atom. The summed E-state index contributed by atoms with van der Waals surface area (Å²) in [5, 5.41) is 2.97. The Bertz CT molecular complexity index is 255. The summed E-state index contributed by atoms with van der Waals surface area (Å²) >= 11 is 0. The number of hydrogen-bond donors (Lipinski definition) is 2. The highest BCUT2D eigenvalue weighted by molar-refractivity contribution is 5.81. The molecule has 1 heterocycles. The van der Waals surface area contributed by atoms with Crippen LogP contribution in [0.3, 0.4) is 0 Å². The minimum atomic E-state index is -0.0426. The van der Waals surface area contributed by atoms with Crippen molar-refractivity contribution < 1.29 is 4.79 Å². The SMILES string of the molecule is CC(C)NC(=O)C(C)N1CCC(C)C(CN)C1. The molecule has 1 fully saturated rings. The van der Waals surface area contributed by atoms with Gasteiger partial charge in [0.05, 0.1) is 6.04 Å². The molecule has 0 aromatic rings. The van der Waals surface area contributed by atoms with E-state index in [1.807, 2.05) is 20.8 Å². The van der Waals surface area contributed by atoms with E-state index in [1.165, 1.54) is 0 Å². The van der Waals surface area contributed by atoms with Crippen LogP contribution in [0.2, 0.25) is 0 Å². The third-order valence-electron chi connectivity index (χ3n) is 3.81. The first-order valence-corrected chi connectivity index (χ1v) is 6.70. The van der Waals surface area contributed by atoms with E-state index in [9.17, 15) is 4.79 Å². The average Bonchev–Trinajstić information content (AvgIpc) is 2.27. The Labute approximate surface area is 105 Å². The summed E-state index contributed by atoms with van der Waals surface area (Å²) in [5.41, 5.74) is 5.79. The Morgan fingerprint density at radius 2 is 2.12 bits per heavy atom. The highest BCUT2D eigenvalue weighted by atomic mass is 16.2. The van der Waals surface area contributed by atoms with Crippen LogP contribution in [0.4, 0.5) is 0 Å². The fourth-order valence-electron chi connectivity index (χ4n) is 2.41. The second-order valence-electron chi connectivity index (χ2n) is 5.60. The van der Waals surface area contributed by atoms with Crippen molar-refractivity contribution in [2.75, 3.05) is 19.6 Å². The van der Waals surface area contributed by atoms with Crippen molar-refractivity contribution in [3.8, 4) is 0 Å². The molecule has 4 heteroatoms. The number of hydrogen-bond acceptors (Lipinski definition) is 3. The number of nitrogens with zero attached hydrogens (tertiary/aromatic N) is 1. The quantitative estimate of drug-likeness (QED) is 0.766. The van der Waals surface area contributed by atoms with Crippen LogP contribution in [0, 0.1) is 11.8 Å². The number of nitrogens with one attached hydrogen (secondary N) is 1. The first-order chi connectivity index (χ1) is 7.95. The molecular weight excluding hydrogens is 214 g/mol. The highest BCUT2D eigenvalue weighted by Crippen LogP contribution is 2.23. The number of likely N-dealkylation sites (tertiary alicyclic amines) is 1. The second kappa shape index (κ2) is 6.36. The lowest BCUT2D eigenvalue weighted by Crippen LogP contribution is -2.52. The molecule has 0 aromatic heterocycles. The van der Waals surface area contributed by atoms with E-state index in [-0.39, 0.29) is 18.0 Å². The molecule has 4 nitrogen and oxygen atoms in total. The van der Waals surface area contributed by atoms with Crippen LogP contribution in [0.5, 0.6) is 0 Å². The summed E-state index contributed by atoms with van der Waals surface area (Å²) < 4.78 is 0. The second-order valence-corrected chi connectivity index (χ2v) is 5.60. The Hall–Kier alpha value is -0.610. The number of nitrogens with two attached hydrogens (primary N) is 1. The molecular formula is C13H27N3O. The highest BCUT2D eigenvalue weighted by Gasteiger charge is 2.30. The maximum atomic E-state index is 11.9. The summed E-state index contributed by atoms with van der Waals surface area (Å²) in [5.74, 6) is 1.33. The van der Waals surface area contributed by atoms with E-state index in [4.69, 9.17) is 5.73 Å². The maximum Gasteiger partial charge on any atom is 0.237 e. The van der Waals surface area contributed by atoms with Crippen molar-refractivity contribution in [1.82, 2.24) is 10.2 Å². The van der Waals surface area contributed by atoms with Crippen LogP contribution < -0.4 is 11.1 Å². The monoisotopic (exact) mass is 241 g/mol. The van der Waals surface area contributed by atoms with E-state index in [1.54, 1.807) is 0 Å². The van der Waals surface area contributed by atoms with Gasteiger partial charge in [0.15, 0.2) is 0 Å². The Kier molecular flexibility index (Phi) is 5.40. The van der Waals surface area contributed by atoms with Crippen molar-refractivity contribution in [2.45, 2.75) is 46.2 Å². The van der Waals surface area contributed by atoms with Crippen LogP contribution in [0.25, 0.3) is 0 Å². The predicted octanol–water partition coefficient (Wildman–Crippen LogP) is 0.816. The van der Waals surface area contributed by atoms with Gasteiger partial charge >= 0.3 is 0 Å². The molecule has 1 saturated heterocycles. The molecule has 0 bridgehead atoms. The summed E-state index contributed by atoms with van der Waals surface area (Å²) in [6, 6.07) is 0.165. The molecule has 0 saturated carbocycles. The molecule has 1 rings (SSSR count). The molecule has 1 aliphatic rings. The fraction of sp³-hybridized carbons (Fsp3) is 0.923. The molecule has 3 atom stereocenters. The van der Waals surface area contributed by atoms with Crippen molar-refractivity contribution in [1.29, 1.82) is 0 Å². The minimum Gasteiger partial charge on any atom is -0.353 e. The average molecular weight is 241 g/mol. The lowest BCUT2D eigenvalue weighted by atomic mass is 9.86. The minimum absolute atomic E-state index is 0.0426. The molecule has 3 N–H and O–H groups in total. The predicted molar refractivity (Wildman–Crippen MR) is 70.6 cm³/mol. The number of rotatable bonds is 4. The summed E-state index contributed by atoms with van der Waals surface area (Å²) in [6.07, 6.45) is 1.14. The fourth-order valence-corrected chi connectivity index (χ4v) is 2.41. The largest absolute Gasteiger partial charge is 0.353 e. The van der Waals surface area contributed by atoms with E-state index >= 15 is 0 Å². The van der Waals surface area contributed by atoms with Crippen LogP contribution in [0.1, 0.15) is 34.1 Å². The number of piperidine rings is 1. The topological polar surface area (TPSA) is 58.4 Å². The number of carbonyl (C=O) groups is 1. The smallest absolute Gasteiger partial charge is 0.237 e. The van der Waals surface area contributed by atoms with Crippen LogP contribution in [0.15, 0.2) is 0 Å². The zero-order valence-electron chi connectivity index (χ0n) is 11.6. The molecule has 0 radical (unpaired) electrons. The lowest BCUT2D eigenvalue weighted by molar-refractivity contribution is -0.127. The summed E-state index contributed by atoms with van der Waals surface area (Å²) in [7, 11) is 0. The van der Waals surface area contributed by atoms with Gasteiger partial charge in [-0.1, -0.05) is 6.92 Å². The van der Waals surface area contributed by atoms with Crippen LogP contribution in [-0.2, 0) is 4.79 Å². The van der Waals surface area contributed by atoms with Gasteiger partial charge in [-0.15, -0.1) is 0 Å². The van der Waals surface area contributed by atoms with Gasteiger partial charge in [-0.05, 0) is 52.1 Å². The number of carbonyl (C=O) groups excluding carboxylic acids is 1. The lowest BCUT2D eigenvalue weighted by Gasteiger charge is -2.39. The third-order valence-corrected chi connectivity index (χ3v) is 3.81. The van der Waals surface area contributed by atoms with E-state index in [0.717, 1.165) is 26.1 Å². The van der Waals surface area contributed by atoms with Gasteiger partial charge in [-0.2, -0.15) is 0 Å². The molecule has 100 valence electrons. The zero-order valence-corrected chi connectivity index (χ0v) is 11.6. The maximum absolute atomic E-state index is 11.9. The van der Waals surface area contributed by atoms with Gasteiger partial charge in [-0.25, -0.2) is 0 Å². The normalized spacial score (nSPS) is 28.1. The molecule has 3 unspecified atom stereocenters. The van der Waals surface area contributed by atoms with Gasteiger partial charge < -0.3 is 11.1 Å². The van der Waals surface area contributed by atoms with Gasteiger partial charge in [0.25, 0.3) is 0 Å².